The Kier molecular flexibility index (Phi) is 1.89. The quantitative estimate of drug-likeness (QED) is 0.309. The topological polar surface area (TPSA) is 46.2 Å². The molecule has 1 N–H and O–H groups in total. The van der Waals surface area contributed by atoms with Gasteiger partial charge in [-0.2, -0.15) is 4.48 Å². The molecule has 0 aromatic carbocycles. The maximum atomic E-state index is 11.4. The van der Waals surface area contributed by atoms with Crippen LogP contribution in [0.5, 0.6) is 0 Å². The number of quaternary nitrogens is 1. The van der Waals surface area contributed by atoms with E-state index >= 15 is 0 Å². The first kappa shape index (κ1) is 9.15. The molecular weight excluding hydrogens is 280 g/mol. The minimum absolute atomic E-state index is 0.262. The Labute approximate surface area is 80.8 Å². The van der Waals surface area contributed by atoms with E-state index in [1.807, 2.05) is 0 Å². The van der Waals surface area contributed by atoms with E-state index in [0.717, 1.165) is 0 Å². The Hall–Kier alpha value is 0.0600. The molecule has 1 heterocycles. The zero-order valence-electron chi connectivity index (χ0n) is 6.02. The second-order valence-corrected chi connectivity index (χ2v) is 6.21. The van der Waals surface area contributed by atoms with Crippen LogP contribution in [-0.4, -0.2) is 33.9 Å². The van der Waals surface area contributed by atoms with Crippen molar-refractivity contribution in [2.75, 3.05) is 14.1 Å². The molecule has 1 aliphatic heterocycles. The molecule has 0 bridgehead atoms. The van der Waals surface area contributed by atoms with E-state index in [4.69, 9.17) is 0 Å². The van der Waals surface area contributed by atoms with Gasteiger partial charge in [0, 0.05) is 0 Å². The average Bonchev–Trinajstić information content (AvgIpc) is 1.94. The summed E-state index contributed by atoms with van der Waals surface area (Å²) in [6.45, 7) is 0. The van der Waals surface area contributed by atoms with Gasteiger partial charge in [0.25, 0.3) is 3.36 Å². The van der Waals surface area contributed by atoms with Gasteiger partial charge in [0.05, 0.1) is 14.1 Å². The van der Waals surface area contributed by atoms with Crippen LogP contribution >= 0.6 is 31.9 Å². The number of nitrogens with zero attached hydrogens (tertiary/aromatic N) is 1. The standard InChI is InChI=1S/C5H6Br2N2O2/c1-9(2)3(10)5(6,7)8-4(9)11/h1-2H3/p+1. The highest BCUT2D eigenvalue weighted by Gasteiger charge is 2.58. The lowest BCUT2D eigenvalue weighted by molar-refractivity contribution is -0.722. The SMILES string of the molecule is C[N+]1(C)C(=O)NC(Br)(Br)C1=O. The van der Waals surface area contributed by atoms with Crippen molar-refractivity contribution in [2.45, 2.75) is 3.36 Å². The van der Waals surface area contributed by atoms with Crippen LogP contribution in [0.25, 0.3) is 0 Å². The number of imide groups is 1. The molecule has 62 valence electrons. The van der Waals surface area contributed by atoms with Crippen LogP contribution < -0.4 is 5.32 Å². The predicted molar refractivity (Wildman–Crippen MR) is 46.2 cm³/mol. The number of likely N-dealkylation sites (N-methyl/N-ethyl adjacent to an activating group) is 1. The molecule has 3 amide bonds. The van der Waals surface area contributed by atoms with Crippen molar-refractivity contribution >= 4 is 43.8 Å². The number of hydrogen-bond acceptors (Lipinski definition) is 2. The zero-order chi connectivity index (χ0) is 8.86. The molecule has 0 unspecified atom stereocenters. The fraction of sp³-hybridized carbons (Fsp3) is 0.600. The Morgan fingerprint density at radius 3 is 1.91 bits per heavy atom. The number of rotatable bonds is 0. The monoisotopic (exact) mass is 285 g/mol. The van der Waals surface area contributed by atoms with Crippen LogP contribution in [0, 0.1) is 0 Å². The number of nitrogens with one attached hydrogen (secondary N) is 1. The van der Waals surface area contributed by atoms with Crippen molar-refractivity contribution in [1.29, 1.82) is 0 Å². The van der Waals surface area contributed by atoms with Crippen LogP contribution in [0.2, 0.25) is 0 Å². The van der Waals surface area contributed by atoms with Crippen LogP contribution in [0.4, 0.5) is 4.79 Å². The van der Waals surface area contributed by atoms with Crippen molar-refractivity contribution in [3.05, 3.63) is 0 Å². The lowest BCUT2D eigenvalue weighted by atomic mass is 10.5. The highest BCUT2D eigenvalue weighted by atomic mass is 79.9. The second-order valence-electron chi connectivity index (χ2n) is 2.76. The molecular formula is C5H7Br2N2O2+. The summed E-state index contributed by atoms with van der Waals surface area (Å²) in [4.78, 5) is 22.5. The first-order valence-electron chi connectivity index (χ1n) is 2.88. The van der Waals surface area contributed by atoms with Crippen LogP contribution in [0.1, 0.15) is 0 Å². The molecule has 0 atom stereocenters. The number of urea groups is 1. The van der Waals surface area contributed by atoms with Crippen molar-refractivity contribution in [3.8, 4) is 0 Å². The van der Waals surface area contributed by atoms with E-state index < -0.39 is 3.36 Å². The van der Waals surface area contributed by atoms with Gasteiger partial charge in [-0.15, -0.1) is 0 Å². The summed E-state index contributed by atoms with van der Waals surface area (Å²) in [5.74, 6) is -0.262. The zero-order valence-corrected chi connectivity index (χ0v) is 9.19. The molecule has 0 spiro atoms. The molecule has 0 aromatic heterocycles. The van der Waals surface area contributed by atoms with Gasteiger partial charge < -0.3 is 0 Å². The minimum Gasteiger partial charge on any atom is -0.269 e. The number of carbonyl (C=O) groups is 2. The summed E-state index contributed by atoms with van der Waals surface area (Å²) in [7, 11) is 3.06. The third-order valence-electron chi connectivity index (χ3n) is 1.55. The van der Waals surface area contributed by atoms with E-state index in [2.05, 4.69) is 37.2 Å². The Morgan fingerprint density at radius 1 is 1.36 bits per heavy atom. The van der Waals surface area contributed by atoms with Gasteiger partial charge in [-0.1, -0.05) is 0 Å². The Bertz CT molecular complexity index is 237. The Morgan fingerprint density at radius 2 is 1.82 bits per heavy atom. The summed E-state index contributed by atoms with van der Waals surface area (Å²) in [5.41, 5.74) is 0. The molecule has 0 aromatic rings. The van der Waals surface area contributed by atoms with Gasteiger partial charge in [0.1, 0.15) is 0 Å². The molecule has 0 aliphatic carbocycles. The lowest BCUT2D eigenvalue weighted by Gasteiger charge is -2.14. The molecule has 1 rings (SSSR count). The molecule has 4 nitrogen and oxygen atoms in total. The maximum absolute atomic E-state index is 11.4. The van der Waals surface area contributed by atoms with Gasteiger partial charge in [0.2, 0.25) is 0 Å². The highest BCUT2D eigenvalue weighted by Crippen LogP contribution is 2.32. The lowest BCUT2D eigenvalue weighted by Crippen LogP contribution is -2.46. The first-order valence-corrected chi connectivity index (χ1v) is 4.46. The van der Waals surface area contributed by atoms with Crippen molar-refractivity contribution in [1.82, 2.24) is 5.32 Å². The van der Waals surface area contributed by atoms with Crippen molar-refractivity contribution in [3.63, 3.8) is 0 Å². The normalized spacial score (nSPS) is 26.9. The summed E-state index contributed by atoms with van der Waals surface area (Å²) in [6, 6.07) is -0.330. The van der Waals surface area contributed by atoms with E-state index in [1.54, 1.807) is 0 Å². The molecule has 1 saturated heterocycles. The summed E-state index contributed by atoms with van der Waals surface area (Å²) >= 11 is 6.09. The predicted octanol–water partition coefficient (Wildman–Crippen LogP) is 0.756. The number of alkyl halides is 2. The third kappa shape index (κ3) is 1.23. The van der Waals surface area contributed by atoms with E-state index in [0.29, 0.717) is 0 Å². The Balaban J connectivity index is 3.09. The smallest absolute Gasteiger partial charge is 0.269 e. The fourth-order valence-corrected chi connectivity index (χ4v) is 2.00. The van der Waals surface area contributed by atoms with Gasteiger partial charge in [-0.25, -0.2) is 9.59 Å². The van der Waals surface area contributed by atoms with Gasteiger partial charge in [-0.3, -0.25) is 5.32 Å². The molecule has 1 fully saturated rings. The second kappa shape index (κ2) is 2.27. The molecule has 0 saturated carbocycles. The van der Waals surface area contributed by atoms with Gasteiger partial charge >= 0.3 is 11.9 Å². The third-order valence-corrected chi connectivity index (χ3v) is 2.62. The fourth-order valence-electron chi connectivity index (χ4n) is 0.771. The van der Waals surface area contributed by atoms with Crippen LogP contribution in [0.3, 0.4) is 0 Å². The maximum Gasteiger partial charge on any atom is 0.426 e. The minimum atomic E-state index is -1.08. The van der Waals surface area contributed by atoms with E-state index in [-0.39, 0.29) is 16.4 Å². The summed E-state index contributed by atoms with van der Waals surface area (Å²) in [5, 5.41) is 2.45. The van der Waals surface area contributed by atoms with E-state index in [9.17, 15) is 9.59 Å². The summed E-state index contributed by atoms with van der Waals surface area (Å²) in [6.07, 6.45) is 0. The first-order chi connectivity index (χ1) is 4.78. The van der Waals surface area contributed by atoms with Gasteiger partial charge in [0.15, 0.2) is 0 Å². The number of carbonyl (C=O) groups excluding carboxylic acids is 2. The molecule has 0 radical (unpaired) electrons. The van der Waals surface area contributed by atoms with Crippen LogP contribution in [-0.2, 0) is 4.79 Å². The van der Waals surface area contributed by atoms with Gasteiger partial charge in [-0.05, 0) is 31.9 Å². The average molecular weight is 287 g/mol. The summed E-state index contributed by atoms with van der Waals surface area (Å²) < 4.78 is -1.38. The van der Waals surface area contributed by atoms with Crippen molar-refractivity contribution < 1.29 is 14.1 Å². The number of amides is 3. The number of hydrogen-bond donors (Lipinski definition) is 1. The van der Waals surface area contributed by atoms with E-state index in [1.165, 1.54) is 14.1 Å². The van der Waals surface area contributed by atoms with Crippen LogP contribution in [0.15, 0.2) is 0 Å². The molecule has 6 heteroatoms. The number of halogens is 2. The molecule has 11 heavy (non-hydrogen) atoms. The van der Waals surface area contributed by atoms with Crippen molar-refractivity contribution in [2.24, 2.45) is 0 Å². The largest absolute Gasteiger partial charge is 0.426 e. The molecule has 1 aliphatic rings. The highest BCUT2D eigenvalue weighted by molar-refractivity contribution is 9.25.